The fourth-order valence-electron chi connectivity index (χ4n) is 2.20. The number of aromatic nitrogens is 1. The lowest BCUT2D eigenvalue weighted by Crippen LogP contribution is -1.99. The van der Waals surface area contributed by atoms with Crippen molar-refractivity contribution in [3.63, 3.8) is 0 Å². The van der Waals surface area contributed by atoms with Crippen LogP contribution in [0.5, 0.6) is 0 Å². The van der Waals surface area contributed by atoms with E-state index in [0.717, 1.165) is 5.69 Å². The molecule has 4 heteroatoms. The van der Waals surface area contributed by atoms with Crippen molar-refractivity contribution in [2.45, 2.75) is 6.92 Å². The number of fused-ring (bicyclic) bond motifs is 1. The number of carboxylic acid groups (broad SMARTS) is 1. The molecule has 2 aromatic carbocycles. The summed E-state index contributed by atoms with van der Waals surface area (Å²) in [5.41, 5.74) is 3.06. The quantitative estimate of drug-likeness (QED) is 0.760. The number of carboxylic acids is 1. The van der Waals surface area contributed by atoms with Gasteiger partial charge in [-0.2, -0.15) is 0 Å². The van der Waals surface area contributed by atoms with E-state index in [-0.39, 0.29) is 5.56 Å². The Bertz CT molecular complexity index is 811. The molecule has 0 radical (unpaired) electrons. The van der Waals surface area contributed by atoms with Gasteiger partial charge >= 0.3 is 5.97 Å². The Morgan fingerprint density at radius 3 is 2.52 bits per heavy atom. The van der Waals surface area contributed by atoms with Gasteiger partial charge in [0.05, 0.1) is 11.1 Å². The Morgan fingerprint density at radius 2 is 1.81 bits per heavy atom. The smallest absolute Gasteiger partial charge is 0.336 e. The number of benzene rings is 2. The van der Waals surface area contributed by atoms with Crippen LogP contribution in [-0.4, -0.2) is 16.1 Å². The first-order valence-electron chi connectivity index (χ1n) is 6.60. The van der Waals surface area contributed by atoms with Gasteiger partial charge in [-0.05, 0) is 43.3 Å². The van der Waals surface area contributed by atoms with Gasteiger partial charge in [-0.1, -0.05) is 23.8 Å². The maximum Gasteiger partial charge on any atom is 0.336 e. The van der Waals surface area contributed by atoms with Crippen molar-refractivity contribution in [3.05, 3.63) is 65.7 Å². The summed E-state index contributed by atoms with van der Waals surface area (Å²) in [5, 5.41) is 13.0. The predicted molar refractivity (Wildman–Crippen MR) is 83.2 cm³/mol. The van der Waals surface area contributed by atoms with Gasteiger partial charge in [-0.25, -0.2) is 9.78 Å². The molecule has 0 bridgehead atoms. The topological polar surface area (TPSA) is 62.2 Å². The molecule has 0 amide bonds. The van der Waals surface area contributed by atoms with E-state index in [1.165, 1.54) is 5.56 Å². The van der Waals surface area contributed by atoms with Crippen LogP contribution in [0.2, 0.25) is 0 Å². The number of rotatable bonds is 3. The fraction of sp³-hybridized carbons (Fsp3) is 0.0588. The normalized spacial score (nSPS) is 10.5. The third-order valence-electron chi connectivity index (χ3n) is 3.29. The van der Waals surface area contributed by atoms with Crippen LogP contribution in [-0.2, 0) is 0 Å². The molecule has 0 saturated heterocycles. The zero-order chi connectivity index (χ0) is 14.8. The third-order valence-corrected chi connectivity index (χ3v) is 3.29. The monoisotopic (exact) mass is 278 g/mol. The molecule has 0 aliphatic carbocycles. The first-order chi connectivity index (χ1) is 10.1. The number of hydrogen-bond acceptors (Lipinski definition) is 3. The molecule has 0 atom stereocenters. The summed E-state index contributed by atoms with van der Waals surface area (Å²) in [6.07, 6.45) is 0. The van der Waals surface area contributed by atoms with Crippen LogP contribution < -0.4 is 5.32 Å². The Hall–Kier alpha value is -2.88. The third kappa shape index (κ3) is 2.69. The standard InChI is InChI=1S/C17H14N2O2/c1-11-5-7-12(8-6-11)18-16-10-9-13-14(17(20)21)3-2-4-15(13)19-16/h2-10H,1H3,(H,18,19)(H,20,21). The number of hydrogen-bond donors (Lipinski definition) is 2. The molecule has 4 nitrogen and oxygen atoms in total. The Kier molecular flexibility index (Phi) is 3.28. The van der Waals surface area contributed by atoms with Crippen LogP contribution in [0.25, 0.3) is 10.9 Å². The lowest BCUT2D eigenvalue weighted by Gasteiger charge is -2.08. The Morgan fingerprint density at radius 1 is 1.05 bits per heavy atom. The summed E-state index contributed by atoms with van der Waals surface area (Å²) in [5.74, 6) is -0.254. The van der Waals surface area contributed by atoms with Crippen molar-refractivity contribution in [1.29, 1.82) is 0 Å². The average molecular weight is 278 g/mol. The molecule has 0 fully saturated rings. The number of aryl methyl sites for hydroxylation is 1. The highest BCUT2D eigenvalue weighted by molar-refractivity contribution is 6.02. The molecule has 1 heterocycles. The first kappa shape index (κ1) is 13.1. The SMILES string of the molecule is Cc1ccc(Nc2ccc3c(C(=O)O)cccc3n2)cc1. The minimum absolute atomic E-state index is 0.266. The van der Waals surface area contributed by atoms with Crippen LogP contribution in [0.15, 0.2) is 54.6 Å². The molecule has 1 aromatic heterocycles. The van der Waals surface area contributed by atoms with E-state index in [1.807, 2.05) is 37.3 Å². The van der Waals surface area contributed by atoms with E-state index in [0.29, 0.717) is 16.7 Å². The maximum absolute atomic E-state index is 11.2. The number of nitrogens with one attached hydrogen (secondary N) is 1. The predicted octanol–water partition coefficient (Wildman–Crippen LogP) is 3.99. The molecule has 0 aliphatic rings. The van der Waals surface area contributed by atoms with E-state index in [1.54, 1.807) is 24.3 Å². The summed E-state index contributed by atoms with van der Waals surface area (Å²) in [6.45, 7) is 2.03. The molecule has 0 spiro atoms. The van der Waals surface area contributed by atoms with Gasteiger partial charge in [0, 0.05) is 11.1 Å². The van der Waals surface area contributed by atoms with Gasteiger partial charge in [0.15, 0.2) is 0 Å². The zero-order valence-electron chi connectivity index (χ0n) is 11.5. The molecular formula is C17H14N2O2. The molecule has 2 N–H and O–H groups in total. The zero-order valence-corrected chi connectivity index (χ0v) is 11.5. The molecule has 0 aliphatic heterocycles. The van der Waals surface area contributed by atoms with E-state index < -0.39 is 5.97 Å². The molecule has 3 aromatic rings. The Balaban J connectivity index is 1.98. The van der Waals surface area contributed by atoms with Gasteiger partial charge in [0.1, 0.15) is 5.82 Å². The van der Waals surface area contributed by atoms with Gasteiger partial charge in [0.2, 0.25) is 0 Å². The van der Waals surface area contributed by atoms with Crippen molar-refractivity contribution in [1.82, 2.24) is 4.98 Å². The van der Waals surface area contributed by atoms with Crippen molar-refractivity contribution in [2.24, 2.45) is 0 Å². The second kappa shape index (κ2) is 5.25. The van der Waals surface area contributed by atoms with Crippen LogP contribution >= 0.6 is 0 Å². The van der Waals surface area contributed by atoms with Crippen LogP contribution in [0.3, 0.4) is 0 Å². The second-order valence-corrected chi connectivity index (χ2v) is 4.86. The van der Waals surface area contributed by atoms with Crippen molar-refractivity contribution in [2.75, 3.05) is 5.32 Å². The van der Waals surface area contributed by atoms with Gasteiger partial charge < -0.3 is 10.4 Å². The minimum atomic E-state index is -0.943. The maximum atomic E-state index is 11.2. The van der Waals surface area contributed by atoms with Crippen LogP contribution in [0, 0.1) is 6.92 Å². The summed E-state index contributed by atoms with van der Waals surface area (Å²) in [7, 11) is 0. The fourth-order valence-corrected chi connectivity index (χ4v) is 2.20. The lowest BCUT2D eigenvalue weighted by molar-refractivity contribution is 0.0699. The number of pyridine rings is 1. The lowest BCUT2D eigenvalue weighted by atomic mass is 10.1. The summed E-state index contributed by atoms with van der Waals surface area (Å²) < 4.78 is 0. The van der Waals surface area contributed by atoms with Crippen molar-refractivity contribution >= 4 is 28.4 Å². The highest BCUT2D eigenvalue weighted by atomic mass is 16.4. The van der Waals surface area contributed by atoms with Gasteiger partial charge in [-0.15, -0.1) is 0 Å². The minimum Gasteiger partial charge on any atom is -0.478 e. The largest absolute Gasteiger partial charge is 0.478 e. The van der Waals surface area contributed by atoms with Gasteiger partial charge in [-0.3, -0.25) is 0 Å². The van der Waals surface area contributed by atoms with E-state index in [2.05, 4.69) is 10.3 Å². The van der Waals surface area contributed by atoms with E-state index in [9.17, 15) is 4.79 Å². The molecule has 3 rings (SSSR count). The number of anilines is 2. The number of aromatic carboxylic acids is 1. The molecule has 0 saturated carbocycles. The van der Waals surface area contributed by atoms with Crippen molar-refractivity contribution < 1.29 is 9.90 Å². The first-order valence-corrected chi connectivity index (χ1v) is 6.60. The molecular weight excluding hydrogens is 264 g/mol. The molecule has 104 valence electrons. The molecule has 0 unspecified atom stereocenters. The average Bonchev–Trinajstić information content (AvgIpc) is 2.48. The molecule has 21 heavy (non-hydrogen) atoms. The summed E-state index contributed by atoms with van der Waals surface area (Å²) in [4.78, 5) is 15.6. The van der Waals surface area contributed by atoms with Crippen molar-refractivity contribution in [3.8, 4) is 0 Å². The Labute approximate surface area is 122 Å². The van der Waals surface area contributed by atoms with Crippen LogP contribution in [0.1, 0.15) is 15.9 Å². The van der Waals surface area contributed by atoms with E-state index >= 15 is 0 Å². The van der Waals surface area contributed by atoms with Gasteiger partial charge in [0.25, 0.3) is 0 Å². The number of nitrogens with zero attached hydrogens (tertiary/aromatic N) is 1. The highest BCUT2D eigenvalue weighted by Crippen LogP contribution is 2.22. The number of carbonyl (C=O) groups is 1. The summed E-state index contributed by atoms with van der Waals surface area (Å²) >= 11 is 0. The summed E-state index contributed by atoms with van der Waals surface area (Å²) in [6, 6.07) is 16.7. The van der Waals surface area contributed by atoms with E-state index in [4.69, 9.17) is 5.11 Å². The second-order valence-electron chi connectivity index (χ2n) is 4.86. The van der Waals surface area contributed by atoms with Crippen LogP contribution in [0.4, 0.5) is 11.5 Å². The highest BCUT2D eigenvalue weighted by Gasteiger charge is 2.09.